The van der Waals surface area contributed by atoms with Gasteiger partial charge in [-0.2, -0.15) is 0 Å². The summed E-state index contributed by atoms with van der Waals surface area (Å²) in [6, 6.07) is 12.6. The highest BCUT2D eigenvalue weighted by Crippen LogP contribution is 2.29. The topological polar surface area (TPSA) is 91.2 Å². The molecule has 1 heterocycles. The number of rotatable bonds is 7. The molecule has 0 unspecified atom stereocenters. The van der Waals surface area contributed by atoms with Gasteiger partial charge in [-0.05, 0) is 40.3 Å². The molecule has 0 radical (unpaired) electrons. The van der Waals surface area contributed by atoms with E-state index in [4.69, 9.17) is 9.47 Å². The maximum Gasteiger partial charge on any atom is 0.255 e. The van der Waals surface area contributed by atoms with Crippen LogP contribution in [0.3, 0.4) is 0 Å². The predicted molar refractivity (Wildman–Crippen MR) is 102 cm³/mol. The van der Waals surface area contributed by atoms with Crippen LogP contribution in [0.2, 0.25) is 0 Å². The number of hydrogen-bond acceptors (Lipinski definition) is 7. The first kappa shape index (κ1) is 18.7. The smallest absolute Gasteiger partial charge is 0.255 e. The molecule has 2 aromatic carbocycles. The van der Waals surface area contributed by atoms with Crippen molar-refractivity contribution >= 4 is 23.4 Å². The van der Waals surface area contributed by atoms with Crippen LogP contribution in [0.25, 0.3) is 0 Å². The van der Waals surface area contributed by atoms with E-state index in [1.165, 1.54) is 11.8 Å². The number of carbonyl (C=O) groups excluding carboxylic acids is 1. The van der Waals surface area contributed by atoms with Gasteiger partial charge in [0.05, 0.1) is 19.9 Å². The summed E-state index contributed by atoms with van der Waals surface area (Å²) < 4.78 is 12.1. The molecule has 0 spiro atoms. The molecule has 8 nitrogen and oxygen atoms in total. The Morgan fingerprint density at radius 1 is 1.15 bits per heavy atom. The highest BCUT2D eigenvalue weighted by molar-refractivity contribution is 7.98. The zero-order valence-corrected chi connectivity index (χ0v) is 16.0. The molecule has 0 aliphatic rings. The predicted octanol–water partition coefficient (Wildman–Crippen LogP) is 2.77. The van der Waals surface area contributed by atoms with Crippen molar-refractivity contribution in [1.29, 1.82) is 0 Å². The minimum absolute atomic E-state index is 0.224. The van der Waals surface area contributed by atoms with E-state index >= 15 is 0 Å². The van der Waals surface area contributed by atoms with Crippen LogP contribution in [0.5, 0.6) is 11.5 Å². The van der Waals surface area contributed by atoms with Crippen molar-refractivity contribution in [1.82, 2.24) is 20.2 Å². The van der Waals surface area contributed by atoms with E-state index in [9.17, 15) is 4.79 Å². The molecule has 9 heteroatoms. The van der Waals surface area contributed by atoms with Crippen molar-refractivity contribution in [3.8, 4) is 11.5 Å². The van der Waals surface area contributed by atoms with Gasteiger partial charge in [0.15, 0.2) is 0 Å². The average molecular weight is 385 g/mol. The fraction of sp³-hybridized carbons (Fsp3) is 0.222. The van der Waals surface area contributed by atoms with Gasteiger partial charge in [0.2, 0.25) is 5.16 Å². The molecule has 0 saturated carbocycles. The van der Waals surface area contributed by atoms with E-state index in [2.05, 4.69) is 20.8 Å². The highest BCUT2D eigenvalue weighted by atomic mass is 32.2. The fourth-order valence-electron chi connectivity index (χ4n) is 2.35. The Morgan fingerprint density at radius 2 is 1.93 bits per heavy atom. The number of hydrogen-bond donors (Lipinski definition) is 1. The molecule has 0 saturated heterocycles. The molecule has 1 N–H and O–H groups in total. The lowest BCUT2D eigenvalue weighted by molar-refractivity contribution is 0.102. The molecule has 0 aliphatic heterocycles. The SMILES string of the molecule is COc1ccc(OC)c(NC(=O)c2ccc(CSc3nnnn3C)cc2)c1. The van der Waals surface area contributed by atoms with Gasteiger partial charge in [-0.15, -0.1) is 5.10 Å². The normalized spacial score (nSPS) is 10.5. The maximum absolute atomic E-state index is 12.5. The lowest BCUT2D eigenvalue weighted by Gasteiger charge is -2.12. The van der Waals surface area contributed by atoms with Crippen LogP contribution in [-0.2, 0) is 12.8 Å². The first-order valence-corrected chi connectivity index (χ1v) is 9.06. The number of thioether (sulfide) groups is 1. The number of aryl methyl sites for hydroxylation is 1. The number of nitrogens with one attached hydrogen (secondary N) is 1. The largest absolute Gasteiger partial charge is 0.497 e. The van der Waals surface area contributed by atoms with Gasteiger partial charge in [-0.1, -0.05) is 23.9 Å². The minimum Gasteiger partial charge on any atom is -0.497 e. The van der Waals surface area contributed by atoms with Crippen molar-refractivity contribution < 1.29 is 14.3 Å². The minimum atomic E-state index is -0.224. The number of nitrogens with zero attached hydrogens (tertiary/aromatic N) is 4. The second-order valence-electron chi connectivity index (χ2n) is 5.59. The highest BCUT2D eigenvalue weighted by Gasteiger charge is 2.11. The molecule has 0 bridgehead atoms. The fourth-order valence-corrected chi connectivity index (χ4v) is 3.16. The van der Waals surface area contributed by atoms with Crippen LogP contribution in [0, 0.1) is 0 Å². The molecule has 0 fully saturated rings. The van der Waals surface area contributed by atoms with Crippen LogP contribution < -0.4 is 14.8 Å². The summed E-state index contributed by atoms with van der Waals surface area (Å²) in [7, 11) is 4.92. The zero-order valence-electron chi connectivity index (χ0n) is 15.2. The molecule has 3 aromatic rings. The first-order valence-electron chi connectivity index (χ1n) is 8.08. The second kappa shape index (κ2) is 8.54. The molecule has 0 aliphatic carbocycles. The Hall–Kier alpha value is -3.07. The van der Waals surface area contributed by atoms with E-state index in [-0.39, 0.29) is 5.91 Å². The number of ether oxygens (including phenoxy) is 2. The monoisotopic (exact) mass is 385 g/mol. The van der Waals surface area contributed by atoms with Crippen LogP contribution in [0.15, 0.2) is 47.6 Å². The number of methoxy groups -OCH3 is 2. The summed E-state index contributed by atoms with van der Waals surface area (Å²) in [6.07, 6.45) is 0. The third-order valence-electron chi connectivity index (χ3n) is 3.82. The van der Waals surface area contributed by atoms with E-state index in [1.807, 2.05) is 12.1 Å². The Labute approximate surface area is 160 Å². The summed E-state index contributed by atoms with van der Waals surface area (Å²) in [6.45, 7) is 0. The van der Waals surface area contributed by atoms with E-state index in [1.54, 1.807) is 56.3 Å². The molecule has 1 aromatic heterocycles. The second-order valence-corrected chi connectivity index (χ2v) is 6.53. The Bertz CT molecular complexity index is 927. The summed E-state index contributed by atoms with van der Waals surface area (Å²) in [4.78, 5) is 12.5. The Balaban J connectivity index is 1.66. The Kier molecular flexibility index (Phi) is 5.92. The third-order valence-corrected chi connectivity index (χ3v) is 4.90. The lowest BCUT2D eigenvalue weighted by Crippen LogP contribution is -2.12. The molecular formula is C18H19N5O3S. The van der Waals surface area contributed by atoms with Gasteiger partial charge in [0.25, 0.3) is 5.91 Å². The standard InChI is InChI=1S/C18H19N5O3S/c1-23-18(20-21-22-23)27-11-12-4-6-13(7-5-12)17(24)19-15-10-14(25-2)8-9-16(15)26-3/h4-10H,11H2,1-3H3,(H,19,24). The summed E-state index contributed by atoms with van der Waals surface area (Å²) in [5, 5.41) is 14.9. The molecular weight excluding hydrogens is 366 g/mol. The molecule has 0 atom stereocenters. The van der Waals surface area contributed by atoms with Crippen molar-refractivity contribution in [3.05, 3.63) is 53.6 Å². The van der Waals surface area contributed by atoms with Crippen LogP contribution in [0.4, 0.5) is 5.69 Å². The van der Waals surface area contributed by atoms with Crippen molar-refractivity contribution in [3.63, 3.8) is 0 Å². The van der Waals surface area contributed by atoms with Crippen molar-refractivity contribution in [2.24, 2.45) is 7.05 Å². The van der Waals surface area contributed by atoms with Gasteiger partial charge in [0, 0.05) is 24.4 Å². The zero-order chi connectivity index (χ0) is 19.2. The number of benzene rings is 2. The van der Waals surface area contributed by atoms with Crippen LogP contribution in [0.1, 0.15) is 15.9 Å². The first-order chi connectivity index (χ1) is 13.1. The van der Waals surface area contributed by atoms with Gasteiger partial charge >= 0.3 is 0 Å². The average Bonchev–Trinajstić information content (AvgIpc) is 3.11. The van der Waals surface area contributed by atoms with Crippen molar-refractivity contribution in [2.45, 2.75) is 10.9 Å². The van der Waals surface area contributed by atoms with Crippen LogP contribution >= 0.6 is 11.8 Å². The van der Waals surface area contributed by atoms with Gasteiger partial charge in [-0.25, -0.2) is 4.68 Å². The van der Waals surface area contributed by atoms with E-state index < -0.39 is 0 Å². The van der Waals surface area contributed by atoms with Gasteiger partial charge in [-0.3, -0.25) is 4.79 Å². The lowest BCUT2D eigenvalue weighted by atomic mass is 10.1. The number of carbonyl (C=O) groups is 1. The summed E-state index contributed by atoms with van der Waals surface area (Å²) in [5.74, 6) is 1.68. The van der Waals surface area contributed by atoms with Crippen LogP contribution in [-0.4, -0.2) is 40.3 Å². The quantitative estimate of drug-likeness (QED) is 0.625. The maximum atomic E-state index is 12.5. The number of aromatic nitrogens is 4. The van der Waals surface area contributed by atoms with Gasteiger partial charge < -0.3 is 14.8 Å². The number of tetrazole rings is 1. The molecule has 140 valence electrons. The van der Waals surface area contributed by atoms with E-state index in [0.29, 0.717) is 28.5 Å². The summed E-state index contributed by atoms with van der Waals surface area (Å²) in [5.41, 5.74) is 2.17. The summed E-state index contributed by atoms with van der Waals surface area (Å²) >= 11 is 1.53. The van der Waals surface area contributed by atoms with E-state index in [0.717, 1.165) is 10.7 Å². The number of amides is 1. The Morgan fingerprint density at radius 3 is 2.56 bits per heavy atom. The van der Waals surface area contributed by atoms with Crippen molar-refractivity contribution in [2.75, 3.05) is 19.5 Å². The third kappa shape index (κ3) is 4.56. The molecule has 3 rings (SSSR count). The molecule has 1 amide bonds. The molecule has 27 heavy (non-hydrogen) atoms. The van der Waals surface area contributed by atoms with Gasteiger partial charge in [0.1, 0.15) is 11.5 Å². The number of anilines is 1.